The molecule has 0 aliphatic rings. The molecule has 0 saturated heterocycles. The minimum Gasteiger partial charge on any atom is -0.299 e. The van der Waals surface area contributed by atoms with E-state index in [9.17, 15) is 4.79 Å². The third-order valence-corrected chi connectivity index (χ3v) is 2.82. The maximum absolute atomic E-state index is 11.6. The molecule has 0 aliphatic carbocycles. The molecule has 14 heavy (non-hydrogen) atoms. The van der Waals surface area contributed by atoms with E-state index in [0.717, 1.165) is 16.5 Å². The Balaban J connectivity index is 2.78. The quantitative estimate of drug-likeness (QED) is 0.796. The second-order valence-corrected chi connectivity index (χ2v) is 4.41. The molecule has 0 aromatic heterocycles. The van der Waals surface area contributed by atoms with Crippen molar-refractivity contribution in [3.05, 3.63) is 34.3 Å². The van der Waals surface area contributed by atoms with Gasteiger partial charge in [0.2, 0.25) is 0 Å². The molecule has 0 fully saturated rings. The Morgan fingerprint density at radius 1 is 1.50 bits per heavy atom. The van der Waals surface area contributed by atoms with E-state index in [0.29, 0.717) is 12.2 Å². The molecule has 1 nitrogen and oxygen atoms in total. The summed E-state index contributed by atoms with van der Waals surface area (Å²) in [6.07, 6.45) is 1.60. The monoisotopic (exact) mass is 254 g/mol. The average Bonchev–Trinajstić information content (AvgIpc) is 2.17. The van der Waals surface area contributed by atoms with E-state index in [2.05, 4.69) is 15.9 Å². The molecular weight excluding hydrogens is 240 g/mol. The summed E-state index contributed by atoms with van der Waals surface area (Å²) in [4.78, 5) is 11.6. The van der Waals surface area contributed by atoms with E-state index in [-0.39, 0.29) is 5.92 Å². The van der Waals surface area contributed by atoms with Crippen molar-refractivity contribution in [3.8, 4) is 0 Å². The van der Waals surface area contributed by atoms with Gasteiger partial charge in [0.1, 0.15) is 5.78 Å². The van der Waals surface area contributed by atoms with Crippen LogP contribution < -0.4 is 0 Å². The van der Waals surface area contributed by atoms with E-state index in [4.69, 9.17) is 0 Å². The highest BCUT2D eigenvalue weighted by Gasteiger charge is 2.13. The van der Waals surface area contributed by atoms with Gasteiger partial charge in [0, 0.05) is 16.8 Å². The fraction of sp³-hybridized carbons (Fsp3) is 0.417. The Morgan fingerprint density at radius 3 is 2.79 bits per heavy atom. The zero-order valence-electron chi connectivity index (χ0n) is 8.59. The maximum Gasteiger partial charge on any atom is 0.140 e. The van der Waals surface area contributed by atoms with Crippen LogP contribution in [0.3, 0.4) is 0 Å². The van der Waals surface area contributed by atoms with Crippen LogP contribution in [0.5, 0.6) is 0 Å². The molecule has 1 aromatic carbocycles. The second kappa shape index (κ2) is 5.30. The minimum absolute atomic E-state index is 0.0208. The zero-order valence-corrected chi connectivity index (χ0v) is 10.2. The van der Waals surface area contributed by atoms with Crippen LogP contribution in [0.15, 0.2) is 28.7 Å². The lowest BCUT2D eigenvalue weighted by Crippen LogP contribution is -2.08. The third kappa shape index (κ3) is 2.95. The first-order valence-electron chi connectivity index (χ1n) is 4.93. The van der Waals surface area contributed by atoms with Crippen LogP contribution >= 0.6 is 15.9 Å². The van der Waals surface area contributed by atoms with Crippen molar-refractivity contribution in [2.24, 2.45) is 0 Å². The minimum atomic E-state index is 0.0208. The number of benzene rings is 1. The first-order valence-corrected chi connectivity index (χ1v) is 5.72. The summed E-state index contributed by atoms with van der Waals surface area (Å²) < 4.78 is 1.03. The normalized spacial score (nSPS) is 12.5. The van der Waals surface area contributed by atoms with Gasteiger partial charge in [0.05, 0.1) is 0 Å². The van der Waals surface area contributed by atoms with E-state index in [1.165, 1.54) is 0 Å². The van der Waals surface area contributed by atoms with Crippen molar-refractivity contribution in [2.75, 3.05) is 0 Å². The highest BCUT2D eigenvalue weighted by Crippen LogP contribution is 2.21. The molecule has 1 rings (SSSR count). The van der Waals surface area contributed by atoms with Crippen LogP contribution in [0.1, 0.15) is 38.2 Å². The summed E-state index contributed by atoms with van der Waals surface area (Å²) in [7, 11) is 0. The lowest BCUT2D eigenvalue weighted by atomic mass is 9.94. The molecular formula is C12H15BrO. The molecule has 0 saturated carbocycles. The molecule has 0 N–H and O–H groups in total. The Bertz CT molecular complexity index is 320. The molecule has 0 spiro atoms. The predicted molar refractivity (Wildman–Crippen MR) is 62.5 cm³/mol. The largest absolute Gasteiger partial charge is 0.299 e. The summed E-state index contributed by atoms with van der Waals surface area (Å²) >= 11 is 3.41. The second-order valence-electron chi connectivity index (χ2n) is 3.49. The molecule has 0 aliphatic heterocycles. The maximum atomic E-state index is 11.6. The summed E-state index contributed by atoms with van der Waals surface area (Å²) in [5, 5.41) is 0. The molecule has 76 valence electrons. The van der Waals surface area contributed by atoms with Crippen molar-refractivity contribution in [1.82, 2.24) is 0 Å². The number of rotatable bonds is 4. The van der Waals surface area contributed by atoms with Crippen molar-refractivity contribution >= 4 is 21.7 Å². The third-order valence-electron chi connectivity index (χ3n) is 2.33. The van der Waals surface area contributed by atoms with Crippen LogP contribution in [-0.4, -0.2) is 5.78 Å². The fourth-order valence-electron chi connectivity index (χ4n) is 1.42. The van der Waals surface area contributed by atoms with Gasteiger partial charge in [-0.3, -0.25) is 4.79 Å². The van der Waals surface area contributed by atoms with E-state index in [1.54, 1.807) is 0 Å². The Kier molecular flexibility index (Phi) is 4.33. The molecule has 0 bridgehead atoms. The molecule has 1 atom stereocenters. The number of Topliss-reactive ketones (excluding diaryl/α,β-unsaturated/α-hetero) is 1. The fourth-order valence-corrected chi connectivity index (χ4v) is 1.84. The van der Waals surface area contributed by atoms with Crippen molar-refractivity contribution in [1.29, 1.82) is 0 Å². The highest BCUT2D eigenvalue weighted by atomic mass is 79.9. The van der Waals surface area contributed by atoms with Gasteiger partial charge in [-0.25, -0.2) is 0 Å². The molecule has 0 radical (unpaired) electrons. The number of carbonyl (C=O) groups excluding carboxylic acids is 1. The zero-order chi connectivity index (χ0) is 10.6. The van der Waals surface area contributed by atoms with Gasteiger partial charge in [0.25, 0.3) is 0 Å². The molecule has 0 heterocycles. The van der Waals surface area contributed by atoms with E-state index in [1.807, 2.05) is 38.1 Å². The lowest BCUT2D eigenvalue weighted by Gasteiger charge is -2.10. The Hall–Kier alpha value is -0.630. The number of carbonyl (C=O) groups is 1. The van der Waals surface area contributed by atoms with Crippen LogP contribution in [0.4, 0.5) is 0 Å². The Morgan fingerprint density at radius 2 is 2.21 bits per heavy atom. The van der Waals surface area contributed by atoms with Gasteiger partial charge in [-0.1, -0.05) is 41.9 Å². The summed E-state index contributed by atoms with van der Waals surface area (Å²) in [6, 6.07) is 7.96. The standard InChI is InChI=1S/C12H15BrO/c1-3-5-12(14)9(2)10-6-4-7-11(13)8-10/h4,6-9H,3,5H2,1-2H3. The van der Waals surface area contributed by atoms with Crippen LogP contribution in [0.25, 0.3) is 0 Å². The summed E-state index contributed by atoms with van der Waals surface area (Å²) in [5.74, 6) is 0.345. The van der Waals surface area contributed by atoms with Gasteiger partial charge in [-0.15, -0.1) is 0 Å². The highest BCUT2D eigenvalue weighted by molar-refractivity contribution is 9.10. The Labute approximate surface area is 93.7 Å². The van der Waals surface area contributed by atoms with Crippen LogP contribution in [-0.2, 0) is 4.79 Å². The van der Waals surface area contributed by atoms with E-state index >= 15 is 0 Å². The molecule has 1 aromatic rings. The van der Waals surface area contributed by atoms with Gasteiger partial charge in [0.15, 0.2) is 0 Å². The SMILES string of the molecule is CCCC(=O)C(C)c1cccc(Br)c1. The van der Waals surface area contributed by atoms with Crippen molar-refractivity contribution in [3.63, 3.8) is 0 Å². The van der Waals surface area contributed by atoms with Gasteiger partial charge >= 0.3 is 0 Å². The number of hydrogen-bond donors (Lipinski definition) is 0. The molecule has 0 amide bonds. The number of halogens is 1. The van der Waals surface area contributed by atoms with Crippen molar-refractivity contribution in [2.45, 2.75) is 32.6 Å². The predicted octanol–water partition coefficient (Wildman–Crippen LogP) is 3.92. The van der Waals surface area contributed by atoms with Crippen LogP contribution in [0, 0.1) is 0 Å². The van der Waals surface area contributed by atoms with Crippen molar-refractivity contribution < 1.29 is 4.79 Å². The van der Waals surface area contributed by atoms with Gasteiger partial charge in [-0.05, 0) is 24.1 Å². The first kappa shape index (κ1) is 11.4. The number of hydrogen-bond acceptors (Lipinski definition) is 1. The first-order chi connectivity index (χ1) is 6.65. The smallest absolute Gasteiger partial charge is 0.140 e. The summed E-state index contributed by atoms with van der Waals surface area (Å²) in [5.41, 5.74) is 1.10. The number of ketones is 1. The topological polar surface area (TPSA) is 17.1 Å². The van der Waals surface area contributed by atoms with Crippen LogP contribution in [0.2, 0.25) is 0 Å². The lowest BCUT2D eigenvalue weighted by molar-refractivity contribution is -0.120. The van der Waals surface area contributed by atoms with E-state index < -0.39 is 0 Å². The summed E-state index contributed by atoms with van der Waals surface area (Å²) in [6.45, 7) is 4.01. The molecule has 1 unspecified atom stereocenters. The average molecular weight is 255 g/mol. The molecule has 2 heteroatoms. The van der Waals surface area contributed by atoms with Gasteiger partial charge in [-0.2, -0.15) is 0 Å². The van der Waals surface area contributed by atoms with Gasteiger partial charge < -0.3 is 0 Å².